The van der Waals surface area contributed by atoms with Crippen molar-refractivity contribution in [2.45, 2.75) is 6.54 Å². The number of nitrogens with zero attached hydrogens (tertiary/aromatic N) is 1. The van der Waals surface area contributed by atoms with E-state index < -0.39 is 5.91 Å². The third kappa shape index (κ3) is 3.72. The Kier molecular flexibility index (Phi) is 4.85. The molecule has 0 atom stereocenters. The van der Waals surface area contributed by atoms with Gasteiger partial charge in [0.1, 0.15) is 5.82 Å². The van der Waals surface area contributed by atoms with Gasteiger partial charge in [0.25, 0.3) is 5.91 Å². The average Bonchev–Trinajstić information content (AvgIpc) is 2.67. The molecule has 1 aromatic heterocycles. The predicted octanol–water partition coefficient (Wildman–Crippen LogP) is 3.27. The molecule has 5 heteroatoms. The van der Waals surface area contributed by atoms with E-state index in [0.717, 1.165) is 23.0 Å². The summed E-state index contributed by atoms with van der Waals surface area (Å²) in [7, 11) is 0. The zero-order valence-corrected chi connectivity index (χ0v) is 13.5. The standard InChI is InChI=1S/C20H17N3O2/c21-19(25)18-6-3-11-22-20(18)23-12-14-7-9-15(10-8-14)17-5-2-1-4-16(17)13-24/h1-11,13H,12H2,(H2,21,25)(H,22,23). The Labute approximate surface area is 145 Å². The number of carbonyl (C=O) groups excluding carboxylic acids is 2. The highest BCUT2D eigenvalue weighted by Gasteiger charge is 2.08. The smallest absolute Gasteiger partial charge is 0.252 e. The van der Waals surface area contributed by atoms with Crippen LogP contribution in [0.5, 0.6) is 0 Å². The minimum atomic E-state index is -0.517. The molecule has 1 heterocycles. The SMILES string of the molecule is NC(=O)c1cccnc1NCc1ccc(-c2ccccc2C=O)cc1. The largest absolute Gasteiger partial charge is 0.365 e. The minimum Gasteiger partial charge on any atom is -0.365 e. The molecule has 3 aromatic rings. The van der Waals surface area contributed by atoms with Crippen LogP contribution in [0.4, 0.5) is 5.82 Å². The van der Waals surface area contributed by atoms with Crippen molar-refractivity contribution in [3.63, 3.8) is 0 Å². The number of nitrogens with one attached hydrogen (secondary N) is 1. The third-order valence-corrected chi connectivity index (χ3v) is 3.89. The lowest BCUT2D eigenvalue weighted by molar-refractivity contribution is 0.1000. The van der Waals surface area contributed by atoms with Crippen molar-refractivity contribution in [1.29, 1.82) is 0 Å². The van der Waals surface area contributed by atoms with Gasteiger partial charge in [0.2, 0.25) is 0 Å². The van der Waals surface area contributed by atoms with Crippen molar-refractivity contribution in [2.24, 2.45) is 5.73 Å². The summed E-state index contributed by atoms with van der Waals surface area (Å²) >= 11 is 0. The Bertz CT molecular complexity index is 905. The van der Waals surface area contributed by atoms with Crippen molar-refractivity contribution >= 4 is 18.0 Å². The molecule has 0 saturated heterocycles. The normalized spacial score (nSPS) is 10.2. The Morgan fingerprint density at radius 2 is 1.80 bits per heavy atom. The minimum absolute atomic E-state index is 0.360. The Morgan fingerprint density at radius 1 is 1.04 bits per heavy atom. The Morgan fingerprint density at radius 3 is 2.52 bits per heavy atom. The lowest BCUT2D eigenvalue weighted by Crippen LogP contribution is -2.15. The predicted molar refractivity (Wildman–Crippen MR) is 97.3 cm³/mol. The van der Waals surface area contributed by atoms with Gasteiger partial charge in [-0.1, -0.05) is 48.5 Å². The highest BCUT2D eigenvalue weighted by atomic mass is 16.1. The summed E-state index contributed by atoms with van der Waals surface area (Å²) in [6.45, 7) is 0.507. The van der Waals surface area contributed by atoms with Crippen LogP contribution in [-0.4, -0.2) is 17.2 Å². The monoisotopic (exact) mass is 331 g/mol. The zero-order chi connectivity index (χ0) is 17.6. The van der Waals surface area contributed by atoms with E-state index in [1.807, 2.05) is 42.5 Å². The number of aldehydes is 1. The van der Waals surface area contributed by atoms with Crippen molar-refractivity contribution in [3.05, 3.63) is 83.6 Å². The Hall–Kier alpha value is -3.47. The molecule has 0 radical (unpaired) electrons. The van der Waals surface area contributed by atoms with Crippen LogP contribution >= 0.6 is 0 Å². The molecule has 0 fully saturated rings. The summed E-state index contributed by atoms with van der Waals surface area (Å²) in [5, 5.41) is 3.12. The second-order valence-corrected chi connectivity index (χ2v) is 5.52. The highest BCUT2D eigenvalue weighted by Crippen LogP contribution is 2.23. The van der Waals surface area contributed by atoms with Crippen LogP contribution in [0.1, 0.15) is 26.3 Å². The van der Waals surface area contributed by atoms with Crippen LogP contribution < -0.4 is 11.1 Å². The van der Waals surface area contributed by atoms with E-state index in [4.69, 9.17) is 5.73 Å². The first kappa shape index (κ1) is 16.4. The lowest BCUT2D eigenvalue weighted by atomic mass is 9.99. The molecule has 0 aliphatic heterocycles. The first-order valence-electron chi connectivity index (χ1n) is 7.81. The first-order valence-corrected chi connectivity index (χ1v) is 7.81. The van der Waals surface area contributed by atoms with Crippen molar-refractivity contribution in [2.75, 3.05) is 5.32 Å². The second kappa shape index (κ2) is 7.40. The van der Waals surface area contributed by atoms with Crippen molar-refractivity contribution < 1.29 is 9.59 Å². The van der Waals surface area contributed by atoms with Gasteiger partial charge in [0.05, 0.1) is 5.56 Å². The number of pyridine rings is 1. The lowest BCUT2D eigenvalue weighted by Gasteiger charge is -2.10. The number of benzene rings is 2. The van der Waals surface area contributed by atoms with E-state index >= 15 is 0 Å². The first-order chi connectivity index (χ1) is 12.2. The zero-order valence-electron chi connectivity index (χ0n) is 13.5. The third-order valence-electron chi connectivity index (χ3n) is 3.89. The molecule has 0 aliphatic carbocycles. The number of nitrogens with two attached hydrogens (primary N) is 1. The number of hydrogen-bond donors (Lipinski definition) is 2. The molecule has 0 aliphatic rings. The fourth-order valence-corrected chi connectivity index (χ4v) is 2.60. The molecule has 0 saturated carbocycles. The van der Waals surface area contributed by atoms with Crippen molar-refractivity contribution in [3.8, 4) is 11.1 Å². The average molecular weight is 331 g/mol. The van der Waals surface area contributed by atoms with E-state index in [1.165, 1.54) is 0 Å². The number of hydrogen-bond acceptors (Lipinski definition) is 4. The quantitative estimate of drug-likeness (QED) is 0.679. The van der Waals surface area contributed by atoms with Crippen LogP contribution in [0.15, 0.2) is 66.9 Å². The molecule has 0 bridgehead atoms. The molecule has 5 nitrogen and oxygen atoms in total. The molecule has 1 amide bonds. The molecule has 25 heavy (non-hydrogen) atoms. The maximum absolute atomic E-state index is 11.4. The summed E-state index contributed by atoms with van der Waals surface area (Å²) in [6, 6.07) is 18.6. The van der Waals surface area contributed by atoms with E-state index in [2.05, 4.69) is 10.3 Å². The summed E-state index contributed by atoms with van der Waals surface area (Å²) in [4.78, 5) is 26.7. The van der Waals surface area contributed by atoms with Gasteiger partial charge in [0.15, 0.2) is 6.29 Å². The van der Waals surface area contributed by atoms with Gasteiger partial charge in [0, 0.05) is 18.3 Å². The van der Waals surface area contributed by atoms with E-state index in [1.54, 1.807) is 24.4 Å². The number of anilines is 1. The summed E-state index contributed by atoms with van der Waals surface area (Å²) in [6.07, 6.45) is 2.46. The topological polar surface area (TPSA) is 85.1 Å². The molecular weight excluding hydrogens is 314 g/mol. The number of amides is 1. The molecule has 124 valence electrons. The van der Waals surface area contributed by atoms with Gasteiger partial charge in [-0.25, -0.2) is 4.98 Å². The molecular formula is C20H17N3O2. The molecule has 0 unspecified atom stereocenters. The number of carbonyl (C=O) groups is 2. The van der Waals surface area contributed by atoms with Crippen LogP contribution in [-0.2, 0) is 6.54 Å². The molecule has 3 rings (SSSR count). The van der Waals surface area contributed by atoms with Gasteiger partial charge in [-0.05, 0) is 28.8 Å². The van der Waals surface area contributed by atoms with E-state index in [0.29, 0.717) is 23.5 Å². The number of primary amides is 1. The maximum Gasteiger partial charge on any atom is 0.252 e. The van der Waals surface area contributed by atoms with Crippen molar-refractivity contribution in [1.82, 2.24) is 4.98 Å². The fourth-order valence-electron chi connectivity index (χ4n) is 2.60. The van der Waals surface area contributed by atoms with Gasteiger partial charge in [-0.15, -0.1) is 0 Å². The Balaban J connectivity index is 1.76. The van der Waals surface area contributed by atoms with Gasteiger partial charge >= 0.3 is 0 Å². The molecule has 0 spiro atoms. The second-order valence-electron chi connectivity index (χ2n) is 5.52. The molecule has 3 N–H and O–H groups in total. The summed E-state index contributed by atoms with van der Waals surface area (Å²) < 4.78 is 0. The van der Waals surface area contributed by atoms with Crippen LogP contribution in [0.2, 0.25) is 0 Å². The van der Waals surface area contributed by atoms with Crippen LogP contribution in [0, 0.1) is 0 Å². The van der Waals surface area contributed by atoms with E-state index in [9.17, 15) is 9.59 Å². The number of aromatic nitrogens is 1. The number of rotatable bonds is 6. The van der Waals surface area contributed by atoms with Gasteiger partial charge in [-0.3, -0.25) is 9.59 Å². The van der Waals surface area contributed by atoms with E-state index in [-0.39, 0.29) is 0 Å². The van der Waals surface area contributed by atoms with Crippen LogP contribution in [0.25, 0.3) is 11.1 Å². The van der Waals surface area contributed by atoms with Gasteiger partial charge < -0.3 is 11.1 Å². The van der Waals surface area contributed by atoms with Crippen LogP contribution in [0.3, 0.4) is 0 Å². The highest BCUT2D eigenvalue weighted by molar-refractivity contribution is 5.97. The maximum atomic E-state index is 11.4. The molecule has 2 aromatic carbocycles. The fraction of sp³-hybridized carbons (Fsp3) is 0.0500. The van der Waals surface area contributed by atoms with Gasteiger partial charge in [-0.2, -0.15) is 0 Å². The summed E-state index contributed by atoms with van der Waals surface area (Å²) in [5.41, 5.74) is 9.26. The summed E-state index contributed by atoms with van der Waals surface area (Å²) in [5.74, 6) is -0.0539.